The molecule has 0 saturated heterocycles. The van der Waals surface area contributed by atoms with Gasteiger partial charge in [0.2, 0.25) is 0 Å². The molecule has 1 aromatic rings. The van der Waals surface area contributed by atoms with Crippen LogP contribution in [0, 0.1) is 0 Å². The fraction of sp³-hybridized carbons (Fsp3) is 0.533. The Morgan fingerprint density at radius 3 is 2.50 bits per heavy atom. The first-order valence-corrected chi connectivity index (χ1v) is 6.62. The van der Waals surface area contributed by atoms with Gasteiger partial charge in [-0.1, -0.05) is 43.2 Å². The summed E-state index contributed by atoms with van der Waals surface area (Å²) in [6, 6.07) is 10.5. The van der Waals surface area contributed by atoms with Gasteiger partial charge in [-0.25, -0.2) is 4.79 Å². The third-order valence-corrected chi connectivity index (χ3v) is 2.97. The van der Waals surface area contributed by atoms with E-state index in [9.17, 15) is 4.79 Å². The molecule has 3 heteroatoms. The molecule has 0 amide bonds. The molecule has 3 nitrogen and oxygen atoms in total. The molecule has 0 saturated carbocycles. The van der Waals surface area contributed by atoms with Crippen LogP contribution >= 0.6 is 0 Å². The molecule has 1 N–H and O–H groups in total. The minimum atomic E-state index is -1.17. The number of hydrogen-bond donors (Lipinski definition) is 1. The second-order valence-electron chi connectivity index (χ2n) is 4.63. The molecule has 0 aliphatic carbocycles. The first kappa shape index (κ1) is 14.6. The van der Waals surface area contributed by atoms with Crippen LogP contribution in [0.2, 0.25) is 0 Å². The normalized spacial score (nSPS) is 12.1. The summed E-state index contributed by atoms with van der Waals surface area (Å²) in [5, 5.41) is 8.43. The Kier molecular flexibility index (Phi) is 6.92. The van der Waals surface area contributed by atoms with E-state index >= 15 is 0 Å². The Balaban J connectivity index is 1.97. The third-order valence-electron chi connectivity index (χ3n) is 2.97. The summed E-state index contributed by atoms with van der Waals surface area (Å²) < 4.78 is 4.64. The summed E-state index contributed by atoms with van der Waals surface area (Å²) in [5.74, 6) is 0. The van der Waals surface area contributed by atoms with Crippen molar-refractivity contribution in [3.8, 4) is 0 Å². The first-order valence-electron chi connectivity index (χ1n) is 6.62. The molecule has 1 atom stereocenters. The number of hydrogen-bond acceptors (Lipinski definition) is 2. The van der Waals surface area contributed by atoms with E-state index in [-0.39, 0.29) is 6.10 Å². The fourth-order valence-corrected chi connectivity index (χ4v) is 1.99. The Bertz CT molecular complexity index is 335. The highest BCUT2D eigenvalue weighted by molar-refractivity contribution is 5.56. The van der Waals surface area contributed by atoms with Gasteiger partial charge in [-0.3, -0.25) is 0 Å². The predicted molar refractivity (Wildman–Crippen MR) is 71.8 cm³/mol. The molecule has 0 bridgehead atoms. The van der Waals surface area contributed by atoms with Gasteiger partial charge >= 0.3 is 6.16 Å². The molecule has 1 unspecified atom stereocenters. The minimum absolute atomic E-state index is 0.184. The number of carbonyl (C=O) groups is 1. The topological polar surface area (TPSA) is 46.5 Å². The molecule has 0 aliphatic rings. The van der Waals surface area contributed by atoms with Gasteiger partial charge < -0.3 is 9.84 Å². The molecule has 18 heavy (non-hydrogen) atoms. The van der Waals surface area contributed by atoms with Gasteiger partial charge in [-0.15, -0.1) is 0 Å². The van der Waals surface area contributed by atoms with Crippen molar-refractivity contribution in [2.75, 3.05) is 0 Å². The van der Waals surface area contributed by atoms with E-state index in [1.807, 2.05) is 6.07 Å². The van der Waals surface area contributed by atoms with Gasteiger partial charge in [0, 0.05) is 0 Å². The van der Waals surface area contributed by atoms with Crippen molar-refractivity contribution in [2.24, 2.45) is 0 Å². The number of rotatable bonds is 8. The van der Waals surface area contributed by atoms with Crippen LogP contribution in [0.5, 0.6) is 0 Å². The van der Waals surface area contributed by atoms with Gasteiger partial charge in [-0.05, 0) is 38.2 Å². The van der Waals surface area contributed by atoms with Crippen LogP contribution in [0.4, 0.5) is 4.79 Å². The van der Waals surface area contributed by atoms with Crippen LogP contribution < -0.4 is 0 Å². The molecule has 0 fully saturated rings. The van der Waals surface area contributed by atoms with E-state index in [1.165, 1.54) is 18.4 Å². The van der Waals surface area contributed by atoms with Crippen molar-refractivity contribution >= 4 is 6.16 Å². The highest BCUT2D eigenvalue weighted by atomic mass is 16.7. The highest BCUT2D eigenvalue weighted by Gasteiger charge is 2.06. The highest BCUT2D eigenvalue weighted by Crippen LogP contribution is 2.11. The molecular weight excluding hydrogens is 228 g/mol. The van der Waals surface area contributed by atoms with Gasteiger partial charge in [0.15, 0.2) is 0 Å². The number of ether oxygens (including phenoxy) is 1. The summed E-state index contributed by atoms with van der Waals surface area (Å²) in [6.07, 6.45) is 5.14. The summed E-state index contributed by atoms with van der Waals surface area (Å²) in [7, 11) is 0. The van der Waals surface area contributed by atoms with Crippen LogP contribution in [0.1, 0.15) is 44.6 Å². The zero-order valence-corrected chi connectivity index (χ0v) is 11.0. The summed E-state index contributed by atoms with van der Waals surface area (Å²) >= 11 is 0. The number of unbranched alkanes of at least 4 members (excludes halogenated alkanes) is 3. The van der Waals surface area contributed by atoms with Gasteiger partial charge in [0.1, 0.15) is 6.10 Å². The maximum absolute atomic E-state index is 10.3. The van der Waals surface area contributed by atoms with Crippen LogP contribution in [0.25, 0.3) is 0 Å². The molecule has 0 aliphatic heterocycles. The van der Waals surface area contributed by atoms with Crippen molar-refractivity contribution in [2.45, 2.75) is 51.6 Å². The van der Waals surface area contributed by atoms with Gasteiger partial charge in [-0.2, -0.15) is 0 Å². The fourth-order valence-electron chi connectivity index (χ4n) is 1.99. The average Bonchev–Trinajstić information content (AvgIpc) is 2.34. The van der Waals surface area contributed by atoms with Crippen molar-refractivity contribution in [1.29, 1.82) is 0 Å². The molecule has 0 aromatic heterocycles. The monoisotopic (exact) mass is 250 g/mol. The van der Waals surface area contributed by atoms with Crippen molar-refractivity contribution in [1.82, 2.24) is 0 Å². The first-order chi connectivity index (χ1) is 8.68. The minimum Gasteiger partial charge on any atom is -0.450 e. The van der Waals surface area contributed by atoms with Crippen LogP contribution in [0.3, 0.4) is 0 Å². The lowest BCUT2D eigenvalue weighted by molar-refractivity contribution is 0.0548. The third kappa shape index (κ3) is 6.94. The number of aryl methyl sites for hydroxylation is 1. The second kappa shape index (κ2) is 8.56. The van der Waals surface area contributed by atoms with Crippen LogP contribution in [0.15, 0.2) is 30.3 Å². The Morgan fingerprint density at radius 2 is 1.83 bits per heavy atom. The Morgan fingerprint density at radius 1 is 1.17 bits per heavy atom. The van der Waals surface area contributed by atoms with E-state index in [1.54, 1.807) is 6.92 Å². The van der Waals surface area contributed by atoms with Crippen LogP contribution in [-0.4, -0.2) is 17.4 Å². The lowest BCUT2D eigenvalue weighted by Crippen LogP contribution is -2.12. The van der Waals surface area contributed by atoms with E-state index in [0.717, 1.165) is 25.7 Å². The van der Waals surface area contributed by atoms with Crippen molar-refractivity contribution < 1.29 is 14.6 Å². The van der Waals surface area contributed by atoms with E-state index in [4.69, 9.17) is 5.11 Å². The standard InChI is InChI=1S/C15H22O3/c1-13(18-15(16)17)9-5-2-3-6-10-14-11-7-4-8-12-14/h4,7-8,11-13H,2-3,5-6,9-10H2,1H3,(H,16,17). The molecule has 0 radical (unpaired) electrons. The largest absolute Gasteiger partial charge is 0.506 e. The maximum atomic E-state index is 10.3. The predicted octanol–water partition coefficient (Wildman–Crippen LogP) is 4.26. The van der Waals surface area contributed by atoms with Crippen LogP contribution in [-0.2, 0) is 11.2 Å². The lowest BCUT2D eigenvalue weighted by Gasteiger charge is -2.09. The second-order valence-corrected chi connectivity index (χ2v) is 4.63. The SMILES string of the molecule is CC(CCCCCCc1ccccc1)OC(=O)O. The number of carboxylic acid groups (broad SMARTS) is 1. The quantitative estimate of drug-likeness (QED) is 0.554. The van der Waals surface area contributed by atoms with Crippen molar-refractivity contribution in [3.63, 3.8) is 0 Å². The summed E-state index contributed by atoms with van der Waals surface area (Å²) in [5.41, 5.74) is 1.39. The molecular formula is C15H22O3. The Hall–Kier alpha value is -1.51. The van der Waals surface area contributed by atoms with E-state index < -0.39 is 6.16 Å². The van der Waals surface area contributed by atoms with E-state index in [0.29, 0.717) is 0 Å². The molecule has 1 rings (SSSR count). The smallest absolute Gasteiger partial charge is 0.450 e. The van der Waals surface area contributed by atoms with Crippen molar-refractivity contribution in [3.05, 3.63) is 35.9 Å². The lowest BCUT2D eigenvalue weighted by atomic mass is 10.0. The average molecular weight is 250 g/mol. The summed E-state index contributed by atoms with van der Waals surface area (Å²) in [4.78, 5) is 10.3. The zero-order valence-electron chi connectivity index (χ0n) is 11.0. The van der Waals surface area contributed by atoms with Gasteiger partial charge in [0.05, 0.1) is 0 Å². The van der Waals surface area contributed by atoms with E-state index in [2.05, 4.69) is 29.0 Å². The zero-order chi connectivity index (χ0) is 13.2. The summed E-state index contributed by atoms with van der Waals surface area (Å²) in [6.45, 7) is 1.80. The molecule has 0 spiro atoms. The molecule has 100 valence electrons. The van der Waals surface area contributed by atoms with Gasteiger partial charge in [0.25, 0.3) is 0 Å². The molecule has 0 heterocycles. The Labute approximate surface area is 109 Å². The number of benzene rings is 1. The maximum Gasteiger partial charge on any atom is 0.506 e. The molecule has 1 aromatic carbocycles.